The fourth-order valence-electron chi connectivity index (χ4n) is 1.93. The van der Waals surface area contributed by atoms with Crippen molar-refractivity contribution in [1.29, 1.82) is 0 Å². The van der Waals surface area contributed by atoms with Gasteiger partial charge in [-0.15, -0.1) is 0 Å². The minimum absolute atomic E-state index is 0.101. The Labute approximate surface area is 123 Å². The lowest BCUT2D eigenvalue weighted by molar-refractivity contribution is -0.133. The van der Waals surface area contributed by atoms with Gasteiger partial charge in [0.1, 0.15) is 0 Å². The van der Waals surface area contributed by atoms with Crippen LogP contribution in [0.2, 0.25) is 0 Å². The maximum atomic E-state index is 11.9. The highest BCUT2D eigenvalue weighted by Crippen LogP contribution is 2.06. The molecule has 0 saturated heterocycles. The third kappa shape index (κ3) is 4.80. The maximum absolute atomic E-state index is 11.9. The highest BCUT2D eigenvalue weighted by atomic mass is 32.2. The van der Waals surface area contributed by atoms with Crippen molar-refractivity contribution in [2.75, 3.05) is 13.1 Å². The lowest BCUT2D eigenvalue weighted by Crippen LogP contribution is -2.38. The first kappa shape index (κ1) is 15.4. The molecule has 0 radical (unpaired) electrons. The van der Waals surface area contributed by atoms with Gasteiger partial charge >= 0.3 is 0 Å². The number of hydrogen-bond donors (Lipinski definition) is 1. The number of allylic oxidation sites excluding steroid dienone is 1. The zero-order chi connectivity index (χ0) is 15.3. The number of sulfonamides is 1. The molecule has 1 amide bonds. The molecule has 2 rings (SSSR count). The van der Waals surface area contributed by atoms with E-state index >= 15 is 0 Å². The number of rotatable bonds is 6. The van der Waals surface area contributed by atoms with Crippen LogP contribution in [0.25, 0.3) is 0 Å². The monoisotopic (exact) mass is 308 g/mol. The molecular formula is C14H16N2O4S. The van der Waals surface area contributed by atoms with Crippen molar-refractivity contribution in [3.63, 3.8) is 0 Å². The van der Waals surface area contributed by atoms with E-state index in [4.69, 9.17) is 0 Å². The van der Waals surface area contributed by atoms with E-state index in [0.717, 1.165) is 0 Å². The second-order valence-corrected chi connectivity index (χ2v) is 6.49. The van der Waals surface area contributed by atoms with E-state index < -0.39 is 10.0 Å². The summed E-state index contributed by atoms with van der Waals surface area (Å²) in [5.74, 6) is -0.651. The topological polar surface area (TPSA) is 83.6 Å². The molecule has 0 aliphatic carbocycles. The molecule has 1 aliphatic heterocycles. The lowest BCUT2D eigenvalue weighted by Gasteiger charge is -2.20. The molecule has 0 aromatic heterocycles. The van der Waals surface area contributed by atoms with Gasteiger partial charge in [-0.25, -0.2) is 13.1 Å². The van der Waals surface area contributed by atoms with Crippen LogP contribution in [0, 0.1) is 0 Å². The Kier molecular flexibility index (Phi) is 4.87. The van der Waals surface area contributed by atoms with Crippen molar-refractivity contribution in [3.05, 3.63) is 48.2 Å². The third-order valence-electron chi connectivity index (χ3n) is 2.96. The molecule has 1 heterocycles. The molecule has 7 heteroatoms. The first-order valence-electron chi connectivity index (χ1n) is 6.48. The van der Waals surface area contributed by atoms with Crippen molar-refractivity contribution >= 4 is 21.7 Å². The summed E-state index contributed by atoms with van der Waals surface area (Å²) in [6, 6.07) is 8.85. The van der Waals surface area contributed by atoms with Crippen LogP contribution in [-0.4, -0.2) is 38.1 Å². The zero-order valence-electron chi connectivity index (χ0n) is 11.4. The van der Waals surface area contributed by atoms with Crippen molar-refractivity contribution in [2.24, 2.45) is 0 Å². The molecule has 1 aromatic carbocycles. The predicted octanol–water partition coefficient (Wildman–Crippen LogP) is 0.421. The largest absolute Gasteiger partial charge is 0.317 e. The fourth-order valence-corrected chi connectivity index (χ4v) is 3.07. The molecule has 0 unspecified atom stereocenters. The second kappa shape index (κ2) is 6.64. The lowest BCUT2D eigenvalue weighted by atomic mass is 10.2. The number of ketones is 1. The Morgan fingerprint density at radius 1 is 1.14 bits per heavy atom. The van der Waals surface area contributed by atoms with Crippen molar-refractivity contribution in [2.45, 2.75) is 12.2 Å². The number of carbonyl (C=O) groups excluding carboxylic acids is 2. The average molecular weight is 308 g/mol. The Morgan fingerprint density at radius 3 is 2.52 bits per heavy atom. The molecule has 1 N–H and O–H groups in total. The molecule has 0 saturated carbocycles. The first-order valence-corrected chi connectivity index (χ1v) is 8.13. The highest BCUT2D eigenvalue weighted by Gasteiger charge is 2.19. The van der Waals surface area contributed by atoms with Gasteiger partial charge in [0.2, 0.25) is 15.9 Å². The molecule has 21 heavy (non-hydrogen) atoms. The molecular weight excluding hydrogens is 292 g/mol. The zero-order valence-corrected chi connectivity index (χ0v) is 12.2. The SMILES string of the molecule is O=C1C=CN(CCNS(=O)(=O)Cc2ccccc2)C(=O)C1. The van der Waals surface area contributed by atoms with Gasteiger partial charge in [-0.1, -0.05) is 30.3 Å². The average Bonchev–Trinajstić information content (AvgIpc) is 2.42. The molecule has 0 bridgehead atoms. The summed E-state index contributed by atoms with van der Waals surface area (Å²) >= 11 is 0. The minimum atomic E-state index is -3.44. The van der Waals surface area contributed by atoms with E-state index in [9.17, 15) is 18.0 Å². The van der Waals surface area contributed by atoms with Gasteiger partial charge in [0.05, 0.1) is 12.2 Å². The van der Waals surface area contributed by atoms with Gasteiger partial charge in [0, 0.05) is 19.3 Å². The first-order chi connectivity index (χ1) is 9.96. The Bertz CT molecular complexity index is 653. The van der Waals surface area contributed by atoms with Gasteiger partial charge in [0.15, 0.2) is 5.78 Å². The standard InChI is InChI=1S/C14H16N2O4S/c17-13-6-8-16(14(18)10-13)9-7-15-21(19,20)11-12-4-2-1-3-5-12/h1-6,8,15H,7,9-11H2. The molecule has 1 aromatic rings. The summed E-state index contributed by atoms with van der Waals surface area (Å²) in [4.78, 5) is 23.9. The highest BCUT2D eigenvalue weighted by molar-refractivity contribution is 7.88. The normalized spacial score (nSPS) is 15.5. The van der Waals surface area contributed by atoms with E-state index in [-0.39, 0.29) is 37.0 Å². The van der Waals surface area contributed by atoms with Crippen molar-refractivity contribution in [1.82, 2.24) is 9.62 Å². The van der Waals surface area contributed by atoms with Gasteiger partial charge in [0.25, 0.3) is 0 Å². The maximum Gasteiger partial charge on any atom is 0.234 e. The van der Waals surface area contributed by atoms with Gasteiger partial charge in [-0.3, -0.25) is 9.59 Å². The van der Waals surface area contributed by atoms with E-state index in [1.54, 1.807) is 24.3 Å². The molecule has 6 nitrogen and oxygen atoms in total. The Balaban J connectivity index is 1.84. The quantitative estimate of drug-likeness (QED) is 0.772. The van der Waals surface area contributed by atoms with Gasteiger partial charge in [-0.2, -0.15) is 0 Å². The van der Waals surface area contributed by atoms with E-state index in [1.807, 2.05) is 6.07 Å². The number of nitrogens with zero attached hydrogens (tertiary/aromatic N) is 1. The smallest absolute Gasteiger partial charge is 0.234 e. The molecule has 0 spiro atoms. The van der Waals surface area contributed by atoms with Crippen LogP contribution in [0.3, 0.4) is 0 Å². The number of carbonyl (C=O) groups is 2. The molecule has 0 fully saturated rings. The van der Waals surface area contributed by atoms with Crippen LogP contribution in [0.5, 0.6) is 0 Å². The predicted molar refractivity (Wildman–Crippen MR) is 77.5 cm³/mol. The van der Waals surface area contributed by atoms with Crippen LogP contribution in [0.1, 0.15) is 12.0 Å². The summed E-state index contributed by atoms with van der Waals surface area (Å²) in [5, 5.41) is 0. The summed E-state index contributed by atoms with van der Waals surface area (Å²) in [7, 11) is -3.44. The molecule has 112 valence electrons. The van der Waals surface area contributed by atoms with Gasteiger partial charge < -0.3 is 4.90 Å². The second-order valence-electron chi connectivity index (χ2n) is 4.68. The van der Waals surface area contributed by atoms with Crippen LogP contribution in [-0.2, 0) is 25.4 Å². The molecule has 1 aliphatic rings. The van der Waals surface area contributed by atoms with E-state index in [1.165, 1.54) is 17.2 Å². The summed E-state index contributed by atoms with van der Waals surface area (Å²) in [6.45, 7) is 0.316. The van der Waals surface area contributed by atoms with Crippen molar-refractivity contribution in [3.8, 4) is 0 Å². The Hall–Kier alpha value is -1.99. The number of amides is 1. The Morgan fingerprint density at radius 2 is 1.86 bits per heavy atom. The van der Waals surface area contributed by atoms with Crippen LogP contribution in [0.15, 0.2) is 42.6 Å². The number of hydrogen-bond acceptors (Lipinski definition) is 4. The summed E-state index contributed by atoms with van der Waals surface area (Å²) < 4.78 is 26.2. The summed E-state index contributed by atoms with van der Waals surface area (Å²) in [6.07, 6.45) is 2.55. The fraction of sp³-hybridized carbons (Fsp3) is 0.286. The number of benzene rings is 1. The van der Waals surface area contributed by atoms with Crippen LogP contribution in [0.4, 0.5) is 0 Å². The number of nitrogens with one attached hydrogen (secondary N) is 1. The minimum Gasteiger partial charge on any atom is -0.317 e. The molecule has 0 atom stereocenters. The van der Waals surface area contributed by atoms with Crippen LogP contribution < -0.4 is 4.72 Å². The summed E-state index contributed by atoms with van der Waals surface area (Å²) in [5.41, 5.74) is 0.699. The van der Waals surface area contributed by atoms with E-state index in [2.05, 4.69) is 4.72 Å². The van der Waals surface area contributed by atoms with Crippen LogP contribution >= 0.6 is 0 Å². The van der Waals surface area contributed by atoms with Gasteiger partial charge in [-0.05, 0) is 11.6 Å². The van der Waals surface area contributed by atoms with Crippen molar-refractivity contribution < 1.29 is 18.0 Å². The third-order valence-corrected chi connectivity index (χ3v) is 4.32. The van der Waals surface area contributed by atoms with E-state index in [0.29, 0.717) is 5.56 Å².